The van der Waals surface area contributed by atoms with E-state index >= 15 is 0 Å². The summed E-state index contributed by atoms with van der Waals surface area (Å²) in [5.41, 5.74) is 1.85. The SMILES string of the molecule is CC(C)CC(=O)N1CC(CC(=O)O)c2ccccc21. The molecule has 19 heavy (non-hydrogen) atoms. The van der Waals surface area contributed by atoms with Crippen LogP contribution in [0.15, 0.2) is 24.3 Å². The van der Waals surface area contributed by atoms with Crippen molar-refractivity contribution in [2.45, 2.75) is 32.6 Å². The molecule has 0 saturated heterocycles. The predicted molar refractivity (Wildman–Crippen MR) is 73.2 cm³/mol. The predicted octanol–water partition coefficient (Wildman–Crippen LogP) is 2.64. The van der Waals surface area contributed by atoms with Crippen LogP contribution in [0.2, 0.25) is 0 Å². The van der Waals surface area contributed by atoms with Crippen LogP contribution in [0.3, 0.4) is 0 Å². The van der Waals surface area contributed by atoms with Gasteiger partial charge >= 0.3 is 5.97 Å². The molecule has 0 aliphatic carbocycles. The molecule has 4 nitrogen and oxygen atoms in total. The van der Waals surface area contributed by atoms with E-state index in [-0.39, 0.29) is 18.2 Å². The van der Waals surface area contributed by atoms with Crippen molar-refractivity contribution in [3.63, 3.8) is 0 Å². The topological polar surface area (TPSA) is 57.6 Å². The Kier molecular flexibility index (Phi) is 3.88. The molecule has 1 aliphatic rings. The lowest BCUT2D eigenvalue weighted by Gasteiger charge is -2.18. The number of carboxylic acid groups (broad SMARTS) is 1. The summed E-state index contributed by atoms with van der Waals surface area (Å²) in [7, 11) is 0. The van der Waals surface area contributed by atoms with Gasteiger partial charge in [-0.2, -0.15) is 0 Å². The number of carboxylic acids is 1. The highest BCUT2D eigenvalue weighted by Crippen LogP contribution is 2.38. The third-order valence-electron chi connectivity index (χ3n) is 3.38. The summed E-state index contributed by atoms with van der Waals surface area (Å²) >= 11 is 0. The lowest BCUT2D eigenvalue weighted by molar-refractivity contribution is -0.137. The van der Waals surface area contributed by atoms with E-state index in [9.17, 15) is 9.59 Å². The van der Waals surface area contributed by atoms with Crippen molar-refractivity contribution in [2.75, 3.05) is 11.4 Å². The highest BCUT2D eigenvalue weighted by atomic mass is 16.4. The van der Waals surface area contributed by atoms with Crippen molar-refractivity contribution in [1.29, 1.82) is 0 Å². The molecule has 1 aromatic rings. The lowest BCUT2D eigenvalue weighted by Crippen LogP contribution is -2.30. The van der Waals surface area contributed by atoms with Gasteiger partial charge in [0.05, 0.1) is 6.42 Å². The van der Waals surface area contributed by atoms with Crippen LogP contribution in [0.5, 0.6) is 0 Å². The first-order valence-electron chi connectivity index (χ1n) is 6.60. The Hall–Kier alpha value is -1.84. The maximum Gasteiger partial charge on any atom is 0.304 e. The van der Waals surface area contributed by atoms with Gasteiger partial charge in [-0.3, -0.25) is 9.59 Å². The Morgan fingerprint density at radius 1 is 1.37 bits per heavy atom. The molecule has 0 saturated carbocycles. The number of hydrogen-bond acceptors (Lipinski definition) is 2. The zero-order chi connectivity index (χ0) is 14.0. The first-order chi connectivity index (χ1) is 8.99. The summed E-state index contributed by atoms with van der Waals surface area (Å²) in [5.74, 6) is -0.531. The number of rotatable bonds is 4. The monoisotopic (exact) mass is 261 g/mol. The number of aliphatic carboxylic acids is 1. The van der Waals surface area contributed by atoms with E-state index in [1.807, 2.05) is 38.1 Å². The Balaban J connectivity index is 2.24. The molecule has 0 spiro atoms. The molecule has 1 amide bonds. The molecule has 1 unspecified atom stereocenters. The second-order valence-electron chi connectivity index (χ2n) is 5.46. The standard InChI is InChI=1S/C15H19NO3/c1-10(2)7-14(17)16-9-11(8-15(18)19)12-5-3-4-6-13(12)16/h3-6,10-11H,7-9H2,1-2H3,(H,18,19). The fourth-order valence-corrected chi connectivity index (χ4v) is 2.58. The number of benzene rings is 1. The van der Waals surface area contributed by atoms with Crippen molar-refractivity contribution < 1.29 is 14.7 Å². The van der Waals surface area contributed by atoms with Crippen molar-refractivity contribution >= 4 is 17.6 Å². The minimum atomic E-state index is -0.821. The number of carbonyl (C=O) groups excluding carboxylic acids is 1. The Labute approximate surface area is 113 Å². The molecular weight excluding hydrogens is 242 g/mol. The molecule has 1 N–H and O–H groups in total. The van der Waals surface area contributed by atoms with E-state index in [2.05, 4.69) is 0 Å². The van der Waals surface area contributed by atoms with Crippen molar-refractivity contribution in [3.8, 4) is 0 Å². The summed E-state index contributed by atoms with van der Waals surface area (Å²) in [6, 6.07) is 7.60. The average molecular weight is 261 g/mol. The third kappa shape index (κ3) is 2.95. The van der Waals surface area contributed by atoms with Gasteiger partial charge < -0.3 is 10.0 Å². The number of anilines is 1. The Bertz CT molecular complexity index is 496. The van der Waals surface area contributed by atoms with E-state index in [1.54, 1.807) is 4.90 Å². The van der Waals surface area contributed by atoms with Gasteiger partial charge in [0.25, 0.3) is 0 Å². The number of amides is 1. The van der Waals surface area contributed by atoms with Gasteiger partial charge in [-0.15, -0.1) is 0 Å². The number of hydrogen-bond donors (Lipinski definition) is 1. The van der Waals surface area contributed by atoms with Crippen LogP contribution in [0, 0.1) is 5.92 Å². The molecule has 102 valence electrons. The normalized spacial score (nSPS) is 17.6. The van der Waals surface area contributed by atoms with Gasteiger partial charge in [0.15, 0.2) is 0 Å². The minimum absolute atomic E-state index is 0.0719. The molecule has 1 aliphatic heterocycles. The molecule has 1 heterocycles. The van der Waals surface area contributed by atoms with Crippen molar-refractivity contribution in [1.82, 2.24) is 0 Å². The number of para-hydroxylation sites is 1. The number of nitrogens with zero attached hydrogens (tertiary/aromatic N) is 1. The van der Waals surface area contributed by atoms with E-state index in [1.165, 1.54) is 0 Å². The highest BCUT2D eigenvalue weighted by Gasteiger charge is 2.33. The van der Waals surface area contributed by atoms with E-state index < -0.39 is 5.97 Å². The zero-order valence-corrected chi connectivity index (χ0v) is 11.3. The molecule has 0 fully saturated rings. The maximum absolute atomic E-state index is 12.2. The smallest absolute Gasteiger partial charge is 0.304 e. The highest BCUT2D eigenvalue weighted by molar-refractivity contribution is 5.96. The molecule has 0 bridgehead atoms. The molecular formula is C15H19NO3. The largest absolute Gasteiger partial charge is 0.481 e. The van der Waals surface area contributed by atoms with Gasteiger partial charge in [0, 0.05) is 24.6 Å². The van der Waals surface area contributed by atoms with Crippen molar-refractivity contribution in [3.05, 3.63) is 29.8 Å². The quantitative estimate of drug-likeness (QED) is 0.906. The summed E-state index contributed by atoms with van der Waals surface area (Å²) in [6.07, 6.45) is 0.566. The van der Waals surface area contributed by atoms with Gasteiger partial charge in [-0.25, -0.2) is 0 Å². The van der Waals surface area contributed by atoms with Gasteiger partial charge in [-0.1, -0.05) is 32.0 Å². The molecule has 0 radical (unpaired) electrons. The minimum Gasteiger partial charge on any atom is -0.481 e. The third-order valence-corrected chi connectivity index (χ3v) is 3.38. The van der Waals surface area contributed by atoms with Crippen LogP contribution in [0.25, 0.3) is 0 Å². The Morgan fingerprint density at radius 3 is 2.68 bits per heavy atom. The Morgan fingerprint density at radius 2 is 2.05 bits per heavy atom. The second-order valence-corrected chi connectivity index (χ2v) is 5.46. The molecule has 1 aromatic carbocycles. The van der Waals surface area contributed by atoms with Crippen LogP contribution < -0.4 is 4.90 Å². The van der Waals surface area contributed by atoms with E-state index in [0.717, 1.165) is 11.3 Å². The van der Waals surface area contributed by atoms with Gasteiger partial charge in [0.2, 0.25) is 5.91 Å². The first-order valence-corrected chi connectivity index (χ1v) is 6.60. The molecule has 4 heteroatoms. The number of carbonyl (C=O) groups is 2. The molecule has 0 aromatic heterocycles. The van der Waals surface area contributed by atoms with Crippen LogP contribution in [-0.4, -0.2) is 23.5 Å². The lowest BCUT2D eigenvalue weighted by atomic mass is 9.98. The second kappa shape index (κ2) is 5.43. The van der Waals surface area contributed by atoms with Gasteiger partial charge in [0.1, 0.15) is 0 Å². The van der Waals surface area contributed by atoms with Crippen molar-refractivity contribution in [2.24, 2.45) is 5.92 Å². The van der Waals surface area contributed by atoms with Gasteiger partial charge in [-0.05, 0) is 17.5 Å². The zero-order valence-electron chi connectivity index (χ0n) is 11.3. The fourth-order valence-electron chi connectivity index (χ4n) is 2.58. The van der Waals surface area contributed by atoms with E-state index in [0.29, 0.717) is 18.9 Å². The van der Waals surface area contributed by atoms with Crippen LogP contribution in [-0.2, 0) is 9.59 Å². The average Bonchev–Trinajstić information content (AvgIpc) is 2.67. The summed E-state index contributed by atoms with van der Waals surface area (Å²) in [5, 5.41) is 8.97. The number of fused-ring (bicyclic) bond motifs is 1. The maximum atomic E-state index is 12.2. The van der Waals surface area contributed by atoms with Crippen LogP contribution >= 0.6 is 0 Å². The first kappa shape index (κ1) is 13.6. The summed E-state index contributed by atoms with van der Waals surface area (Å²) < 4.78 is 0. The van der Waals surface area contributed by atoms with Crippen LogP contribution in [0.4, 0.5) is 5.69 Å². The fraction of sp³-hybridized carbons (Fsp3) is 0.467. The molecule has 2 rings (SSSR count). The summed E-state index contributed by atoms with van der Waals surface area (Å²) in [6.45, 7) is 4.50. The van der Waals surface area contributed by atoms with Crippen LogP contribution in [0.1, 0.15) is 38.2 Å². The van der Waals surface area contributed by atoms with E-state index in [4.69, 9.17) is 5.11 Å². The summed E-state index contributed by atoms with van der Waals surface area (Å²) in [4.78, 5) is 24.9. The molecule has 1 atom stereocenters.